The van der Waals surface area contributed by atoms with Gasteiger partial charge in [0.15, 0.2) is 0 Å². The number of rotatable bonds is 4. The van der Waals surface area contributed by atoms with Crippen LogP contribution in [0, 0.1) is 0 Å². The minimum atomic E-state index is 1.15. The van der Waals surface area contributed by atoms with Crippen LogP contribution in [0.15, 0.2) is 249 Å². The third-order valence-corrected chi connectivity index (χ3v) is 18.8. The first-order valence-electron chi connectivity index (χ1n) is 25.8. The van der Waals surface area contributed by atoms with Crippen molar-refractivity contribution in [3.05, 3.63) is 249 Å². The lowest BCUT2D eigenvalue weighted by Crippen LogP contribution is -1.95. The molecule has 0 fully saturated rings. The Kier molecular flexibility index (Phi) is 8.66. The highest BCUT2D eigenvalue weighted by Gasteiger charge is 2.21. The highest BCUT2D eigenvalue weighted by atomic mass is 32.1. The minimum absolute atomic E-state index is 1.15. The van der Waals surface area contributed by atoms with E-state index in [9.17, 15) is 0 Å². The summed E-state index contributed by atoms with van der Waals surface area (Å²) in [4.78, 5) is 0. The van der Waals surface area contributed by atoms with Crippen LogP contribution in [0.2, 0.25) is 0 Å². The highest BCUT2D eigenvalue weighted by Crippen LogP contribution is 2.47. The maximum Gasteiger partial charge on any atom is 0.0547 e. The predicted molar refractivity (Wildman–Crippen MR) is 328 cm³/mol. The SMILES string of the molecule is c1cc(-c2ccc3c(c2)c2ccccc2c2cc4c5cc6c7ccccc7c7ccccc7c6cc5n(-c5cccc(-c6cccc7c6sc6ccccc67)c5)c4cc32)cc(-c2cccc3c2sc2ccccc23)c1. The molecule has 0 spiro atoms. The number of benzene rings is 14. The Morgan fingerprint density at radius 2 is 0.587 bits per heavy atom. The monoisotopic (exact) mass is 983 g/mol. The molecular weight excluding hydrogens is 943 g/mol. The molecule has 0 saturated heterocycles. The van der Waals surface area contributed by atoms with Crippen molar-refractivity contribution in [1.82, 2.24) is 4.57 Å². The lowest BCUT2D eigenvalue weighted by Gasteiger charge is -2.15. The topological polar surface area (TPSA) is 4.93 Å². The van der Waals surface area contributed by atoms with E-state index in [2.05, 4.69) is 253 Å². The predicted octanol–water partition coefficient (Wildman–Crippen LogP) is 21.4. The zero-order valence-corrected chi connectivity index (χ0v) is 42.1. The van der Waals surface area contributed by atoms with Crippen LogP contribution in [0.1, 0.15) is 0 Å². The van der Waals surface area contributed by atoms with Crippen molar-refractivity contribution in [1.29, 1.82) is 0 Å². The summed E-state index contributed by atoms with van der Waals surface area (Å²) in [7, 11) is 0. The van der Waals surface area contributed by atoms with Crippen molar-refractivity contribution < 1.29 is 0 Å². The first-order valence-corrected chi connectivity index (χ1v) is 27.4. The molecular formula is C72H41NS2. The molecule has 0 unspecified atom stereocenters. The van der Waals surface area contributed by atoms with Crippen molar-refractivity contribution in [2.24, 2.45) is 0 Å². The molecule has 3 heterocycles. The van der Waals surface area contributed by atoms with Crippen LogP contribution in [0.5, 0.6) is 0 Å². The Morgan fingerprint density at radius 1 is 0.213 bits per heavy atom. The molecule has 1 nitrogen and oxygen atoms in total. The lowest BCUT2D eigenvalue weighted by molar-refractivity contribution is 1.18. The van der Waals surface area contributed by atoms with Gasteiger partial charge in [-0.1, -0.05) is 188 Å². The van der Waals surface area contributed by atoms with Gasteiger partial charge in [0, 0.05) is 56.8 Å². The number of fused-ring (bicyclic) bond motifs is 21. The molecule has 0 N–H and O–H groups in total. The smallest absolute Gasteiger partial charge is 0.0547 e. The van der Waals surface area contributed by atoms with Crippen LogP contribution in [-0.4, -0.2) is 4.57 Å². The van der Waals surface area contributed by atoms with E-state index in [1.807, 2.05) is 22.7 Å². The van der Waals surface area contributed by atoms with Gasteiger partial charge >= 0.3 is 0 Å². The van der Waals surface area contributed by atoms with E-state index in [1.165, 1.54) is 160 Å². The average Bonchev–Trinajstić information content (AvgIpc) is 4.22. The lowest BCUT2D eigenvalue weighted by atomic mass is 9.90. The van der Waals surface area contributed by atoms with Crippen LogP contribution in [-0.2, 0) is 0 Å². The molecule has 3 aromatic heterocycles. The van der Waals surface area contributed by atoms with E-state index in [0.29, 0.717) is 0 Å². The van der Waals surface area contributed by atoms with Crippen LogP contribution in [0.4, 0.5) is 0 Å². The standard InChI is InChI=1S/C72H41NS2/c1-3-21-51-49(19-1)50-20-2-4-22-52(50)63-40-67-65(38-61(51)63)66-39-62-54-24-6-5-23-53(54)60-37-43(42-15-11-16-44(35-42)47-27-13-29-58-56-25-7-9-31-69(56)74-71(47)58)33-34-55(60)64(62)41-68(66)73(67)46-18-12-17-45(36-46)48-28-14-30-59-57-26-8-10-32-70(57)75-72(48)59/h1-41H. The quantitative estimate of drug-likeness (QED) is 0.155. The maximum atomic E-state index is 2.56. The van der Waals surface area contributed by atoms with Crippen molar-refractivity contribution in [3.8, 4) is 39.1 Å². The number of hydrogen-bond donors (Lipinski definition) is 0. The van der Waals surface area contributed by atoms with E-state index in [1.54, 1.807) is 0 Å². The molecule has 75 heavy (non-hydrogen) atoms. The molecule has 0 aliphatic rings. The zero-order chi connectivity index (χ0) is 48.9. The van der Waals surface area contributed by atoms with E-state index in [0.717, 1.165) is 5.69 Å². The summed E-state index contributed by atoms with van der Waals surface area (Å²) in [6, 6.07) is 93.7. The Bertz CT molecular complexity index is 5320. The third-order valence-electron chi connectivity index (χ3n) is 16.3. The van der Waals surface area contributed by atoms with Gasteiger partial charge in [0.25, 0.3) is 0 Å². The molecule has 0 aliphatic carbocycles. The van der Waals surface area contributed by atoms with Gasteiger partial charge in [-0.2, -0.15) is 0 Å². The van der Waals surface area contributed by atoms with Gasteiger partial charge in [-0.3, -0.25) is 0 Å². The summed E-state index contributed by atoms with van der Waals surface area (Å²) >= 11 is 3.78. The molecule has 0 aliphatic heterocycles. The molecule has 346 valence electrons. The first kappa shape index (κ1) is 41.4. The van der Waals surface area contributed by atoms with Crippen molar-refractivity contribution in [2.75, 3.05) is 0 Å². The van der Waals surface area contributed by atoms with Crippen molar-refractivity contribution in [3.63, 3.8) is 0 Å². The number of aromatic nitrogens is 1. The summed E-state index contributed by atoms with van der Waals surface area (Å²) in [5.74, 6) is 0. The second kappa shape index (κ2) is 15.7. The largest absolute Gasteiger partial charge is 0.309 e. The van der Waals surface area contributed by atoms with Gasteiger partial charge in [-0.15, -0.1) is 22.7 Å². The Morgan fingerprint density at radius 3 is 1.12 bits per heavy atom. The second-order valence-corrected chi connectivity index (χ2v) is 22.4. The van der Waals surface area contributed by atoms with Gasteiger partial charge < -0.3 is 4.57 Å². The normalized spacial score (nSPS) is 12.3. The fourth-order valence-electron chi connectivity index (χ4n) is 12.9. The summed E-state index contributed by atoms with van der Waals surface area (Å²) in [6.45, 7) is 0. The Labute approximate surface area is 439 Å². The van der Waals surface area contributed by atoms with Crippen LogP contribution >= 0.6 is 22.7 Å². The molecule has 17 aromatic rings. The van der Waals surface area contributed by atoms with Crippen molar-refractivity contribution in [2.45, 2.75) is 0 Å². The van der Waals surface area contributed by atoms with Gasteiger partial charge in [-0.25, -0.2) is 0 Å². The van der Waals surface area contributed by atoms with Crippen LogP contribution in [0.25, 0.3) is 166 Å². The second-order valence-electron chi connectivity index (χ2n) is 20.3. The van der Waals surface area contributed by atoms with E-state index in [-0.39, 0.29) is 0 Å². The highest BCUT2D eigenvalue weighted by molar-refractivity contribution is 7.26. The van der Waals surface area contributed by atoms with E-state index < -0.39 is 0 Å². The fourth-order valence-corrected chi connectivity index (χ4v) is 15.4. The molecule has 14 aromatic carbocycles. The van der Waals surface area contributed by atoms with Crippen LogP contribution in [0.3, 0.4) is 0 Å². The van der Waals surface area contributed by atoms with E-state index >= 15 is 0 Å². The summed E-state index contributed by atoms with van der Waals surface area (Å²) in [6.07, 6.45) is 0. The van der Waals surface area contributed by atoms with Gasteiger partial charge in [0.1, 0.15) is 0 Å². The van der Waals surface area contributed by atoms with Gasteiger partial charge in [0.2, 0.25) is 0 Å². The summed E-state index contributed by atoms with van der Waals surface area (Å²) in [5.41, 5.74) is 11.0. The minimum Gasteiger partial charge on any atom is -0.309 e. The van der Waals surface area contributed by atoms with Crippen molar-refractivity contribution >= 4 is 149 Å². The number of hydrogen-bond acceptors (Lipinski definition) is 2. The van der Waals surface area contributed by atoms with Gasteiger partial charge in [-0.05, 0) is 159 Å². The number of nitrogens with zero attached hydrogens (tertiary/aromatic N) is 1. The molecule has 0 atom stereocenters. The number of thiophene rings is 2. The average molecular weight is 984 g/mol. The fraction of sp³-hybridized carbons (Fsp3) is 0. The Hall–Kier alpha value is -9.12. The summed E-state index contributed by atoms with van der Waals surface area (Å²) in [5, 5.41) is 23.0. The Balaban J connectivity index is 0.927. The first-order chi connectivity index (χ1) is 37.2. The molecule has 0 radical (unpaired) electrons. The molecule has 17 rings (SSSR count). The molecule has 0 bridgehead atoms. The maximum absolute atomic E-state index is 2.56. The summed E-state index contributed by atoms with van der Waals surface area (Å²) < 4.78 is 7.86. The molecule has 0 amide bonds. The van der Waals surface area contributed by atoms with Gasteiger partial charge in [0.05, 0.1) is 11.0 Å². The van der Waals surface area contributed by atoms with E-state index in [4.69, 9.17) is 0 Å². The zero-order valence-electron chi connectivity index (χ0n) is 40.4. The molecule has 3 heteroatoms. The molecule has 0 saturated carbocycles. The third kappa shape index (κ3) is 5.99. The van der Waals surface area contributed by atoms with Crippen LogP contribution < -0.4 is 0 Å².